The minimum atomic E-state index is -1.41. The molecule has 0 radical (unpaired) electrons. The first kappa shape index (κ1) is 25.9. The number of carbonyl (C=O) groups is 2. The number of carbonyl (C=O) groups excluding carboxylic acids is 1. The number of carboxylic acid groups (broad SMARTS) is 1. The number of aromatic nitrogens is 1. The Bertz CT molecular complexity index is 1240. The van der Waals surface area contributed by atoms with Crippen LogP contribution in [0.5, 0.6) is 0 Å². The fraction of sp³-hybridized carbons (Fsp3) is 0.286. The van der Waals surface area contributed by atoms with Gasteiger partial charge in [-0.05, 0) is 70.5 Å². The van der Waals surface area contributed by atoms with Crippen LogP contribution < -0.4 is 0 Å². The van der Waals surface area contributed by atoms with Gasteiger partial charge < -0.3 is 19.3 Å². The Labute approximate surface area is 205 Å². The smallest absolute Gasteiger partial charge is 0.339 e. The van der Waals surface area contributed by atoms with Crippen LogP contribution >= 0.6 is 0 Å². The maximum atomic E-state index is 13.5. The standard InChI is InChI=1S/C28H31FN2O4/c1-18-7-9-20(10-8-18)24(25(30(6)17-32)26(27(33)34)35-28(3,4)5)23-15-16-31(19(23)2)22-13-11-21(29)12-14-22/h7-17,26H,1-6H3,(H,33,34)/b25-24-. The normalized spacial score (nSPS) is 13.2. The topological polar surface area (TPSA) is 71.8 Å². The molecule has 35 heavy (non-hydrogen) atoms. The second-order valence-corrected chi connectivity index (χ2v) is 9.45. The number of aliphatic carboxylic acids is 1. The van der Waals surface area contributed by atoms with Crippen LogP contribution in [0.25, 0.3) is 11.3 Å². The molecule has 0 saturated heterocycles. The molecule has 0 aliphatic heterocycles. The fourth-order valence-corrected chi connectivity index (χ4v) is 3.94. The summed E-state index contributed by atoms with van der Waals surface area (Å²) >= 11 is 0. The molecule has 0 spiro atoms. The maximum Gasteiger partial charge on any atom is 0.339 e. The van der Waals surface area contributed by atoms with Crippen LogP contribution in [0.2, 0.25) is 0 Å². The molecular weight excluding hydrogens is 447 g/mol. The van der Waals surface area contributed by atoms with Crippen molar-refractivity contribution in [3.8, 4) is 5.69 Å². The summed E-state index contributed by atoms with van der Waals surface area (Å²) in [5.74, 6) is -1.54. The fourth-order valence-electron chi connectivity index (χ4n) is 3.94. The number of nitrogens with zero attached hydrogens (tertiary/aromatic N) is 2. The van der Waals surface area contributed by atoms with Gasteiger partial charge in [0.25, 0.3) is 0 Å². The third-order valence-corrected chi connectivity index (χ3v) is 5.59. The highest BCUT2D eigenvalue weighted by molar-refractivity contribution is 5.90. The number of hydrogen-bond donors (Lipinski definition) is 1. The molecule has 0 saturated carbocycles. The second-order valence-electron chi connectivity index (χ2n) is 9.45. The van der Waals surface area contributed by atoms with Gasteiger partial charge in [-0.15, -0.1) is 0 Å². The zero-order valence-corrected chi connectivity index (χ0v) is 20.9. The Hall–Kier alpha value is -3.71. The number of likely N-dealkylation sites (N-methyl/N-ethyl adjacent to an activating group) is 1. The molecule has 1 N–H and O–H groups in total. The molecule has 1 unspecified atom stereocenters. The Morgan fingerprint density at radius 2 is 1.66 bits per heavy atom. The number of hydrogen-bond acceptors (Lipinski definition) is 3. The van der Waals surface area contributed by atoms with E-state index in [0.717, 1.165) is 28.1 Å². The van der Waals surface area contributed by atoms with Crippen molar-refractivity contribution >= 4 is 18.0 Å². The van der Waals surface area contributed by atoms with Crippen LogP contribution in [-0.2, 0) is 14.3 Å². The molecule has 3 aromatic rings. The lowest BCUT2D eigenvalue weighted by Gasteiger charge is -2.31. The number of halogens is 1. The van der Waals surface area contributed by atoms with Crippen LogP contribution in [0.3, 0.4) is 0 Å². The predicted molar refractivity (Wildman–Crippen MR) is 134 cm³/mol. The van der Waals surface area contributed by atoms with Crippen LogP contribution in [0, 0.1) is 19.7 Å². The molecular formula is C28H31FN2O4. The van der Waals surface area contributed by atoms with Gasteiger partial charge in [-0.2, -0.15) is 0 Å². The van der Waals surface area contributed by atoms with E-state index < -0.39 is 17.7 Å². The lowest BCUT2D eigenvalue weighted by Crippen LogP contribution is -2.40. The first-order valence-electron chi connectivity index (χ1n) is 11.3. The number of amides is 1. The largest absolute Gasteiger partial charge is 0.479 e. The lowest BCUT2D eigenvalue weighted by atomic mass is 9.92. The summed E-state index contributed by atoms with van der Waals surface area (Å²) in [5.41, 5.74) is 4.05. The van der Waals surface area contributed by atoms with Crippen LogP contribution in [0.4, 0.5) is 4.39 Å². The summed E-state index contributed by atoms with van der Waals surface area (Å²) < 4.78 is 21.4. The van der Waals surface area contributed by atoms with E-state index in [0.29, 0.717) is 12.0 Å². The van der Waals surface area contributed by atoms with E-state index in [1.165, 1.54) is 24.1 Å². The quantitative estimate of drug-likeness (QED) is 0.443. The van der Waals surface area contributed by atoms with Crippen molar-refractivity contribution in [2.24, 2.45) is 0 Å². The molecule has 0 bridgehead atoms. The second kappa shape index (κ2) is 10.3. The summed E-state index contributed by atoms with van der Waals surface area (Å²) in [6.45, 7) is 9.16. The molecule has 0 aliphatic rings. The molecule has 7 heteroatoms. The van der Waals surface area contributed by atoms with Gasteiger partial charge in [-0.25, -0.2) is 9.18 Å². The van der Waals surface area contributed by atoms with E-state index in [-0.39, 0.29) is 11.5 Å². The van der Waals surface area contributed by atoms with Crippen molar-refractivity contribution in [3.63, 3.8) is 0 Å². The third kappa shape index (κ3) is 5.87. The van der Waals surface area contributed by atoms with Crippen molar-refractivity contribution in [3.05, 3.63) is 94.7 Å². The van der Waals surface area contributed by atoms with E-state index in [4.69, 9.17) is 4.74 Å². The van der Waals surface area contributed by atoms with Crippen molar-refractivity contribution in [2.75, 3.05) is 7.05 Å². The van der Waals surface area contributed by atoms with Gasteiger partial charge in [0.15, 0.2) is 6.10 Å². The van der Waals surface area contributed by atoms with E-state index in [1.807, 2.05) is 54.9 Å². The van der Waals surface area contributed by atoms with E-state index >= 15 is 0 Å². The maximum absolute atomic E-state index is 13.5. The molecule has 1 amide bonds. The number of benzene rings is 2. The lowest BCUT2D eigenvalue weighted by molar-refractivity contribution is -0.157. The van der Waals surface area contributed by atoms with Gasteiger partial charge in [0.2, 0.25) is 6.41 Å². The van der Waals surface area contributed by atoms with Gasteiger partial charge in [0, 0.05) is 35.8 Å². The van der Waals surface area contributed by atoms with Crippen LogP contribution in [-0.4, -0.2) is 45.7 Å². The van der Waals surface area contributed by atoms with Crippen molar-refractivity contribution in [1.29, 1.82) is 0 Å². The summed E-state index contributed by atoms with van der Waals surface area (Å²) in [6.07, 6.45) is 1.01. The minimum Gasteiger partial charge on any atom is -0.479 e. The highest BCUT2D eigenvalue weighted by Crippen LogP contribution is 2.35. The summed E-state index contributed by atoms with van der Waals surface area (Å²) in [4.78, 5) is 25.7. The number of aryl methyl sites for hydroxylation is 1. The average Bonchev–Trinajstić information content (AvgIpc) is 3.17. The number of ether oxygens (including phenoxy) is 1. The first-order chi connectivity index (χ1) is 16.4. The van der Waals surface area contributed by atoms with E-state index in [9.17, 15) is 19.1 Å². The Morgan fingerprint density at radius 1 is 1.06 bits per heavy atom. The van der Waals surface area contributed by atoms with E-state index in [1.54, 1.807) is 32.9 Å². The Morgan fingerprint density at radius 3 is 2.17 bits per heavy atom. The third-order valence-electron chi connectivity index (χ3n) is 5.59. The van der Waals surface area contributed by atoms with Gasteiger partial charge in [-0.3, -0.25) is 4.79 Å². The molecule has 1 atom stereocenters. The predicted octanol–water partition coefficient (Wildman–Crippen LogP) is 5.35. The SMILES string of the molecule is Cc1ccc(/C(=C(\C(OC(C)(C)C)C(=O)O)N(C)C=O)c2ccn(-c3ccc(F)cc3)c2C)cc1. The van der Waals surface area contributed by atoms with Crippen LogP contribution in [0.1, 0.15) is 43.2 Å². The van der Waals surface area contributed by atoms with Crippen LogP contribution in [0.15, 0.2) is 66.5 Å². The summed E-state index contributed by atoms with van der Waals surface area (Å²) in [7, 11) is 1.52. The molecule has 1 aromatic heterocycles. The monoisotopic (exact) mass is 478 g/mol. The van der Waals surface area contributed by atoms with Crippen molar-refractivity contribution < 1.29 is 23.8 Å². The molecule has 0 aliphatic carbocycles. The summed E-state index contributed by atoms with van der Waals surface area (Å²) in [6, 6.07) is 15.6. The van der Waals surface area contributed by atoms with E-state index in [2.05, 4.69) is 0 Å². The van der Waals surface area contributed by atoms with Gasteiger partial charge in [0.05, 0.1) is 11.3 Å². The Kier molecular flexibility index (Phi) is 7.60. The van der Waals surface area contributed by atoms with Crippen molar-refractivity contribution in [2.45, 2.75) is 46.3 Å². The van der Waals surface area contributed by atoms with Crippen molar-refractivity contribution in [1.82, 2.24) is 9.47 Å². The van der Waals surface area contributed by atoms with Gasteiger partial charge >= 0.3 is 5.97 Å². The Balaban J connectivity index is 2.37. The minimum absolute atomic E-state index is 0.214. The molecule has 184 valence electrons. The molecule has 2 aromatic carbocycles. The molecule has 0 fully saturated rings. The van der Waals surface area contributed by atoms with Gasteiger partial charge in [0.1, 0.15) is 5.82 Å². The average molecular weight is 479 g/mol. The highest BCUT2D eigenvalue weighted by Gasteiger charge is 2.34. The molecule has 1 heterocycles. The summed E-state index contributed by atoms with van der Waals surface area (Å²) in [5, 5.41) is 10.2. The van der Waals surface area contributed by atoms with Gasteiger partial charge in [-0.1, -0.05) is 29.8 Å². The zero-order valence-electron chi connectivity index (χ0n) is 20.9. The highest BCUT2D eigenvalue weighted by atomic mass is 19.1. The molecule has 3 rings (SSSR count). The zero-order chi connectivity index (χ0) is 25.9. The number of rotatable bonds is 8. The first-order valence-corrected chi connectivity index (χ1v) is 11.3. The number of carboxylic acids is 1. The molecule has 6 nitrogen and oxygen atoms in total.